The van der Waals surface area contributed by atoms with Crippen LogP contribution in [-0.4, -0.2) is 56.5 Å². The molecule has 0 fully saturated rings. The van der Waals surface area contributed by atoms with Gasteiger partial charge in [0.15, 0.2) is 0 Å². The zero-order chi connectivity index (χ0) is 9.00. The van der Waals surface area contributed by atoms with Crippen molar-refractivity contribution < 1.29 is 38.4 Å². The Morgan fingerprint density at radius 2 is 0.278 bits per heavy atom. The molecule has 0 aromatic rings. The van der Waals surface area contributed by atoms with Crippen LogP contribution < -0.4 is 49.2 Å². The Morgan fingerprint density at radius 3 is 0.278 bits per heavy atom. The summed E-state index contributed by atoms with van der Waals surface area (Å²) in [5.74, 6) is 0. The summed E-state index contributed by atoms with van der Waals surface area (Å²) in [6, 6.07) is 0. The Hall–Kier alpha value is -0.206. The summed E-state index contributed by atoms with van der Waals surface area (Å²) < 4.78 is 0. The zero-order valence-electron chi connectivity index (χ0n) is 10.2. The van der Waals surface area contributed by atoms with Crippen LogP contribution in [0.5, 0.6) is 0 Å². The summed E-state index contributed by atoms with van der Waals surface area (Å²) in [6.45, 7) is 0. The molecule has 0 spiro atoms. The SMILES string of the molecule is N.N.N.N.N.N.N.N.O[Si](O)(O)O.O[Si](O)(O)O. The molecule has 0 aliphatic rings. The Bertz CT molecular complexity index is 68.1. The average molecular weight is 328 g/mol. The molecule has 0 heterocycles. The first-order valence-electron chi connectivity index (χ1n) is 1.79. The maximum Gasteiger partial charge on any atom is 0.668 e. The van der Waals surface area contributed by atoms with Gasteiger partial charge in [0.2, 0.25) is 0 Å². The van der Waals surface area contributed by atoms with Gasteiger partial charge in [0.1, 0.15) is 0 Å². The lowest BCUT2D eigenvalue weighted by Crippen LogP contribution is -2.33. The highest BCUT2D eigenvalue weighted by molar-refractivity contribution is 6.47. The summed E-state index contributed by atoms with van der Waals surface area (Å²) in [4.78, 5) is 58.6. The molecule has 0 rings (SSSR count). The molecule has 0 aromatic carbocycles. The van der Waals surface area contributed by atoms with Gasteiger partial charge in [-0.05, 0) is 0 Å². The van der Waals surface area contributed by atoms with E-state index in [1.54, 1.807) is 0 Å². The quantitative estimate of drug-likeness (QED) is 0.188. The molecule has 0 radical (unpaired) electrons. The van der Waals surface area contributed by atoms with Crippen molar-refractivity contribution in [3.8, 4) is 0 Å². The highest BCUT2D eigenvalue weighted by Crippen LogP contribution is 1.67. The van der Waals surface area contributed by atoms with Crippen molar-refractivity contribution in [3.63, 3.8) is 0 Å². The lowest BCUT2D eigenvalue weighted by Gasteiger charge is -1.91. The molecule has 0 saturated carbocycles. The second kappa shape index (κ2) is 30.1. The molecule has 18 heavy (non-hydrogen) atoms. The fraction of sp³-hybridized carbons (Fsp3) is 0. The average Bonchev–Trinajstić information content (AvgIpc) is 1.12. The van der Waals surface area contributed by atoms with E-state index in [1.165, 1.54) is 0 Å². The van der Waals surface area contributed by atoms with E-state index >= 15 is 0 Å². The van der Waals surface area contributed by atoms with E-state index in [0.29, 0.717) is 0 Å². The summed E-state index contributed by atoms with van der Waals surface area (Å²) >= 11 is 0. The van der Waals surface area contributed by atoms with Gasteiger partial charge in [-0.2, -0.15) is 0 Å². The fourth-order valence-corrected chi connectivity index (χ4v) is 0. The van der Waals surface area contributed by atoms with E-state index in [0.717, 1.165) is 0 Å². The molecule has 0 aliphatic heterocycles. The Balaban J connectivity index is -0.00000000615. The Labute approximate surface area is 107 Å². The number of hydrogen-bond acceptors (Lipinski definition) is 16. The highest BCUT2D eigenvalue weighted by atomic mass is 28.4. The number of hydrogen-bond donors (Lipinski definition) is 16. The lowest BCUT2D eigenvalue weighted by atomic mass is 14.0. The molecule has 0 aliphatic carbocycles. The topological polar surface area (TPSA) is 442 Å². The van der Waals surface area contributed by atoms with Crippen molar-refractivity contribution in [1.82, 2.24) is 49.2 Å². The molecule has 0 saturated heterocycles. The summed E-state index contributed by atoms with van der Waals surface area (Å²) in [5.41, 5.74) is 0. The minimum absolute atomic E-state index is 0. The first-order chi connectivity index (χ1) is 4.00. The lowest BCUT2D eigenvalue weighted by molar-refractivity contribution is 0.115. The monoisotopic (exact) mass is 328 g/mol. The van der Waals surface area contributed by atoms with Gasteiger partial charge in [-0.3, -0.25) is 0 Å². The van der Waals surface area contributed by atoms with Crippen molar-refractivity contribution in [2.45, 2.75) is 0 Å². The molecule has 16 nitrogen and oxygen atoms in total. The van der Waals surface area contributed by atoms with Gasteiger partial charge in [0, 0.05) is 0 Å². The van der Waals surface area contributed by atoms with Crippen LogP contribution in [0.4, 0.5) is 0 Å². The highest BCUT2D eigenvalue weighted by Gasteiger charge is 2.22. The molecule has 18 heteroatoms. The molecular weight excluding hydrogens is 296 g/mol. The van der Waals surface area contributed by atoms with Crippen molar-refractivity contribution in [2.24, 2.45) is 0 Å². The van der Waals surface area contributed by atoms with Gasteiger partial charge in [0.05, 0.1) is 0 Å². The first kappa shape index (κ1) is 82.6. The summed E-state index contributed by atoms with van der Waals surface area (Å²) in [6.07, 6.45) is 0. The largest absolute Gasteiger partial charge is 0.668 e. The van der Waals surface area contributed by atoms with Crippen LogP contribution in [0.25, 0.3) is 0 Å². The Morgan fingerprint density at radius 1 is 0.278 bits per heavy atom. The van der Waals surface area contributed by atoms with Crippen molar-refractivity contribution >= 4 is 18.1 Å². The Kier molecular flexibility index (Phi) is 138. The molecule has 0 unspecified atom stereocenters. The van der Waals surface area contributed by atoms with E-state index in [-0.39, 0.29) is 49.2 Å². The van der Waals surface area contributed by atoms with Crippen LogP contribution in [0.15, 0.2) is 0 Å². The van der Waals surface area contributed by atoms with E-state index in [9.17, 15) is 0 Å². The van der Waals surface area contributed by atoms with Gasteiger partial charge in [-0.15, -0.1) is 0 Å². The van der Waals surface area contributed by atoms with E-state index < -0.39 is 18.1 Å². The van der Waals surface area contributed by atoms with E-state index in [2.05, 4.69) is 0 Å². The fourth-order valence-electron chi connectivity index (χ4n) is 0. The minimum atomic E-state index is -4.61. The summed E-state index contributed by atoms with van der Waals surface area (Å²) in [7, 11) is -9.22. The predicted molar refractivity (Wildman–Crippen MR) is 69.4 cm³/mol. The molecule has 0 amide bonds. The van der Waals surface area contributed by atoms with Crippen molar-refractivity contribution in [2.75, 3.05) is 0 Å². The second-order valence-corrected chi connectivity index (χ2v) is 3.60. The molecule has 0 bridgehead atoms. The van der Waals surface area contributed by atoms with Crippen molar-refractivity contribution in [3.05, 3.63) is 0 Å². The molecule has 0 atom stereocenters. The molecule has 32 N–H and O–H groups in total. The van der Waals surface area contributed by atoms with Crippen LogP contribution in [0.3, 0.4) is 0 Å². The third-order valence-corrected chi connectivity index (χ3v) is 0. The van der Waals surface area contributed by atoms with Gasteiger partial charge in [-0.25, -0.2) is 0 Å². The number of rotatable bonds is 0. The van der Waals surface area contributed by atoms with E-state index in [4.69, 9.17) is 38.4 Å². The molecule has 128 valence electrons. The zero-order valence-corrected chi connectivity index (χ0v) is 12.2. The van der Waals surface area contributed by atoms with E-state index in [1.807, 2.05) is 0 Å². The first-order valence-corrected chi connectivity index (χ1v) is 5.37. The summed E-state index contributed by atoms with van der Waals surface area (Å²) in [5, 5.41) is 0. The van der Waals surface area contributed by atoms with Gasteiger partial charge >= 0.3 is 18.1 Å². The third kappa shape index (κ3) is 81300. The normalized spacial score (nSPS) is 6.67. The minimum Gasteiger partial charge on any atom is -0.368 e. The van der Waals surface area contributed by atoms with Crippen LogP contribution in [0.2, 0.25) is 0 Å². The molecule has 0 aromatic heterocycles. The van der Waals surface area contributed by atoms with Gasteiger partial charge in [-0.1, -0.05) is 0 Å². The predicted octanol–water partition coefficient (Wildman–Crippen LogP) is -3.92. The van der Waals surface area contributed by atoms with Gasteiger partial charge < -0.3 is 87.6 Å². The standard InChI is InChI=1S/8H3N.2H4O4Si/c;;;;;;;;2*1-5(2,3)4/h8*1H3;2*1-4H. The third-order valence-electron chi connectivity index (χ3n) is 0. The van der Waals surface area contributed by atoms with Crippen LogP contribution >= 0.6 is 0 Å². The van der Waals surface area contributed by atoms with Crippen LogP contribution in [0.1, 0.15) is 0 Å². The van der Waals surface area contributed by atoms with Crippen LogP contribution in [-0.2, 0) is 0 Å². The maximum absolute atomic E-state index is 7.33. The van der Waals surface area contributed by atoms with Gasteiger partial charge in [0.25, 0.3) is 0 Å². The molecular formula is H32N8O8Si2. The van der Waals surface area contributed by atoms with Crippen molar-refractivity contribution in [1.29, 1.82) is 0 Å². The smallest absolute Gasteiger partial charge is 0.368 e. The second-order valence-electron chi connectivity index (χ2n) is 1.20. The maximum atomic E-state index is 7.33. The van der Waals surface area contributed by atoms with Crippen LogP contribution in [0, 0.1) is 0 Å².